The summed E-state index contributed by atoms with van der Waals surface area (Å²) in [5, 5.41) is 0. The molecule has 76 valence electrons. The van der Waals surface area contributed by atoms with E-state index in [4.69, 9.17) is 0 Å². The topological polar surface area (TPSA) is 17.1 Å². The zero-order valence-electron chi connectivity index (χ0n) is 7.77. The van der Waals surface area contributed by atoms with Gasteiger partial charge in [-0.25, -0.2) is 13.2 Å². The molecule has 0 heterocycles. The molecule has 1 nitrogen and oxygen atoms in total. The first-order valence-electron chi connectivity index (χ1n) is 4.02. The molecule has 0 aliphatic carbocycles. The summed E-state index contributed by atoms with van der Waals surface area (Å²) in [5.41, 5.74) is -0.333. The van der Waals surface area contributed by atoms with Crippen LogP contribution in [0.1, 0.15) is 34.8 Å². The summed E-state index contributed by atoms with van der Waals surface area (Å²) in [5.74, 6) is -1.18. The van der Waals surface area contributed by atoms with Crippen LogP contribution < -0.4 is 0 Å². The van der Waals surface area contributed by atoms with Gasteiger partial charge < -0.3 is 0 Å². The fourth-order valence-electron chi connectivity index (χ4n) is 1.19. The molecule has 0 unspecified atom stereocenters. The van der Waals surface area contributed by atoms with Gasteiger partial charge in [-0.3, -0.25) is 4.79 Å². The highest BCUT2D eigenvalue weighted by atomic mass is 19.3. The molecule has 0 fully saturated rings. The summed E-state index contributed by atoms with van der Waals surface area (Å²) >= 11 is 0. The molecule has 0 amide bonds. The van der Waals surface area contributed by atoms with E-state index in [1.165, 1.54) is 13.8 Å². The standard InChI is InChI=1S/C10H9F3O/c1-5-8(6(2)14)3-7(10(12)13)4-9(5)11/h3-4,10H,1-2H3. The van der Waals surface area contributed by atoms with Gasteiger partial charge in [0.2, 0.25) is 0 Å². The molecule has 0 aliphatic rings. The van der Waals surface area contributed by atoms with E-state index in [-0.39, 0.29) is 11.1 Å². The van der Waals surface area contributed by atoms with Crippen molar-refractivity contribution in [1.29, 1.82) is 0 Å². The summed E-state index contributed by atoms with van der Waals surface area (Å²) in [6.07, 6.45) is -2.76. The molecule has 14 heavy (non-hydrogen) atoms. The molecule has 0 saturated heterocycles. The third kappa shape index (κ3) is 1.95. The number of hydrogen-bond donors (Lipinski definition) is 0. The second-order valence-corrected chi connectivity index (χ2v) is 3.03. The lowest BCUT2D eigenvalue weighted by atomic mass is 10.0. The Morgan fingerprint density at radius 2 is 1.93 bits per heavy atom. The van der Waals surface area contributed by atoms with Crippen molar-refractivity contribution < 1.29 is 18.0 Å². The number of halogens is 3. The molecule has 0 atom stereocenters. The second kappa shape index (κ2) is 3.82. The zero-order chi connectivity index (χ0) is 10.9. The Bertz CT molecular complexity index is 372. The van der Waals surface area contributed by atoms with Crippen LogP contribution in [0, 0.1) is 12.7 Å². The minimum Gasteiger partial charge on any atom is -0.294 e. The Morgan fingerprint density at radius 3 is 2.36 bits per heavy atom. The predicted octanol–water partition coefficient (Wildman–Crippen LogP) is 3.27. The maximum absolute atomic E-state index is 13.1. The maximum Gasteiger partial charge on any atom is 0.263 e. The molecular weight excluding hydrogens is 193 g/mol. The molecular formula is C10H9F3O. The number of benzene rings is 1. The lowest BCUT2D eigenvalue weighted by Gasteiger charge is -2.06. The number of carbonyl (C=O) groups excluding carboxylic acids is 1. The number of carbonyl (C=O) groups is 1. The van der Waals surface area contributed by atoms with Crippen molar-refractivity contribution in [3.63, 3.8) is 0 Å². The van der Waals surface area contributed by atoms with Gasteiger partial charge in [0.05, 0.1) is 0 Å². The van der Waals surface area contributed by atoms with E-state index < -0.39 is 23.6 Å². The summed E-state index contributed by atoms with van der Waals surface area (Å²) in [7, 11) is 0. The smallest absolute Gasteiger partial charge is 0.263 e. The molecule has 0 N–H and O–H groups in total. The number of Topliss-reactive ketones (excluding diaryl/α,β-unsaturated/α-hetero) is 1. The van der Waals surface area contributed by atoms with Crippen molar-refractivity contribution in [2.75, 3.05) is 0 Å². The normalized spacial score (nSPS) is 10.7. The van der Waals surface area contributed by atoms with Crippen LogP contribution in [0.5, 0.6) is 0 Å². The number of alkyl halides is 2. The van der Waals surface area contributed by atoms with E-state index in [0.717, 1.165) is 12.1 Å². The van der Waals surface area contributed by atoms with Crippen LogP contribution >= 0.6 is 0 Å². The Hall–Kier alpha value is -1.32. The van der Waals surface area contributed by atoms with Gasteiger partial charge in [-0.2, -0.15) is 0 Å². The third-order valence-corrected chi connectivity index (χ3v) is 2.00. The molecule has 0 saturated carbocycles. The quantitative estimate of drug-likeness (QED) is 0.672. The first kappa shape index (κ1) is 10.8. The highest BCUT2D eigenvalue weighted by Crippen LogP contribution is 2.24. The highest BCUT2D eigenvalue weighted by molar-refractivity contribution is 5.95. The highest BCUT2D eigenvalue weighted by Gasteiger charge is 2.15. The van der Waals surface area contributed by atoms with Gasteiger partial charge in [-0.1, -0.05) is 0 Å². The van der Waals surface area contributed by atoms with E-state index in [9.17, 15) is 18.0 Å². The average Bonchev–Trinajstić information content (AvgIpc) is 2.08. The van der Waals surface area contributed by atoms with Gasteiger partial charge in [0.1, 0.15) is 5.82 Å². The van der Waals surface area contributed by atoms with E-state index in [2.05, 4.69) is 0 Å². The predicted molar refractivity (Wildman–Crippen MR) is 46.1 cm³/mol. The Morgan fingerprint density at radius 1 is 1.36 bits per heavy atom. The van der Waals surface area contributed by atoms with Crippen molar-refractivity contribution >= 4 is 5.78 Å². The van der Waals surface area contributed by atoms with Crippen LogP contribution in [-0.4, -0.2) is 5.78 Å². The lowest BCUT2D eigenvalue weighted by molar-refractivity contribution is 0.101. The van der Waals surface area contributed by atoms with Gasteiger partial charge >= 0.3 is 0 Å². The van der Waals surface area contributed by atoms with E-state index >= 15 is 0 Å². The first-order chi connectivity index (χ1) is 6.43. The number of ketones is 1. The van der Waals surface area contributed by atoms with Crippen LogP contribution in [0.4, 0.5) is 13.2 Å². The molecule has 4 heteroatoms. The summed E-state index contributed by atoms with van der Waals surface area (Å²) < 4.78 is 37.6. The fourth-order valence-corrected chi connectivity index (χ4v) is 1.19. The van der Waals surface area contributed by atoms with Crippen LogP contribution in [0.2, 0.25) is 0 Å². The summed E-state index contributed by atoms with van der Waals surface area (Å²) in [4.78, 5) is 11.0. The molecule has 1 aromatic carbocycles. The van der Waals surface area contributed by atoms with Gasteiger partial charge in [-0.05, 0) is 31.5 Å². The van der Waals surface area contributed by atoms with Crippen molar-refractivity contribution in [3.05, 3.63) is 34.6 Å². The molecule has 1 rings (SSSR count). The van der Waals surface area contributed by atoms with Crippen molar-refractivity contribution in [2.45, 2.75) is 20.3 Å². The van der Waals surface area contributed by atoms with E-state index in [1.54, 1.807) is 0 Å². The van der Waals surface area contributed by atoms with Gasteiger partial charge in [0.25, 0.3) is 6.43 Å². The van der Waals surface area contributed by atoms with Crippen LogP contribution in [0.15, 0.2) is 12.1 Å². The zero-order valence-corrected chi connectivity index (χ0v) is 7.77. The maximum atomic E-state index is 13.1. The molecule has 0 aliphatic heterocycles. The van der Waals surface area contributed by atoms with Crippen molar-refractivity contribution in [1.82, 2.24) is 0 Å². The number of rotatable bonds is 2. The monoisotopic (exact) mass is 202 g/mol. The van der Waals surface area contributed by atoms with Crippen LogP contribution in [-0.2, 0) is 0 Å². The first-order valence-corrected chi connectivity index (χ1v) is 4.02. The van der Waals surface area contributed by atoms with Crippen LogP contribution in [0.25, 0.3) is 0 Å². The third-order valence-electron chi connectivity index (χ3n) is 2.00. The Balaban J connectivity index is 3.35. The summed E-state index contributed by atoms with van der Waals surface area (Å²) in [6, 6.07) is 1.79. The fraction of sp³-hybridized carbons (Fsp3) is 0.300. The molecule has 0 bridgehead atoms. The molecule has 1 aromatic rings. The SMILES string of the molecule is CC(=O)c1cc(C(F)F)cc(F)c1C. The average molecular weight is 202 g/mol. The lowest BCUT2D eigenvalue weighted by Crippen LogP contribution is -2.01. The Labute approximate surface area is 79.5 Å². The van der Waals surface area contributed by atoms with Gasteiger partial charge in [-0.15, -0.1) is 0 Å². The van der Waals surface area contributed by atoms with Crippen molar-refractivity contribution in [3.8, 4) is 0 Å². The van der Waals surface area contributed by atoms with Crippen molar-refractivity contribution in [2.24, 2.45) is 0 Å². The molecule has 0 aromatic heterocycles. The van der Waals surface area contributed by atoms with Gasteiger partial charge in [0, 0.05) is 11.1 Å². The number of hydrogen-bond acceptors (Lipinski definition) is 1. The molecule has 0 radical (unpaired) electrons. The summed E-state index contributed by atoms with van der Waals surface area (Å²) in [6.45, 7) is 2.61. The van der Waals surface area contributed by atoms with E-state index in [0.29, 0.717) is 0 Å². The Kier molecular flexibility index (Phi) is 2.93. The van der Waals surface area contributed by atoms with Gasteiger partial charge in [0.15, 0.2) is 5.78 Å². The van der Waals surface area contributed by atoms with E-state index in [1.807, 2.05) is 0 Å². The molecule has 0 spiro atoms. The largest absolute Gasteiger partial charge is 0.294 e. The minimum atomic E-state index is -2.76. The minimum absolute atomic E-state index is 0.0142. The van der Waals surface area contributed by atoms with Crippen LogP contribution in [0.3, 0.4) is 0 Å². The second-order valence-electron chi connectivity index (χ2n) is 3.03.